The van der Waals surface area contributed by atoms with Crippen LogP contribution in [0.25, 0.3) is 44.6 Å². The van der Waals surface area contributed by atoms with Gasteiger partial charge in [-0.05, 0) is 36.2 Å². The maximum absolute atomic E-state index is 13.3. The first kappa shape index (κ1) is 35.1. The van der Waals surface area contributed by atoms with Crippen molar-refractivity contribution in [1.29, 1.82) is 0 Å². The minimum Gasteiger partial charge on any atom is -0.486 e. The van der Waals surface area contributed by atoms with Gasteiger partial charge in [0.25, 0.3) is 0 Å². The van der Waals surface area contributed by atoms with Crippen LogP contribution in [0.3, 0.4) is 0 Å². The van der Waals surface area contributed by atoms with E-state index in [2.05, 4.69) is 83.7 Å². The van der Waals surface area contributed by atoms with Gasteiger partial charge in [-0.2, -0.15) is 9.37 Å². The van der Waals surface area contributed by atoms with Crippen molar-refractivity contribution in [2.24, 2.45) is 11.8 Å². The molecule has 2 aromatic carbocycles. The van der Waals surface area contributed by atoms with Crippen molar-refractivity contribution < 1.29 is 28.9 Å². The van der Waals surface area contributed by atoms with Crippen molar-refractivity contribution in [2.75, 3.05) is 0 Å². The fourth-order valence-corrected chi connectivity index (χ4v) is 9.84. The summed E-state index contributed by atoms with van der Waals surface area (Å²) in [6, 6.07) is 28.0. The molecule has 0 N–H and O–H groups in total. The first-order chi connectivity index (χ1) is 22.1. The number of halogens is 1. The Morgan fingerprint density at radius 1 is 0.915 bits per heavy atom. The Bertz CT molecular complexity index is 1950. The third-order valence-corrected chi connectivity index (χ3v) is 13.1. The minimum atomic E-state index is -1.86. The van der Waals surface area contributed by atoms with E-state index in [0.717, 1.165) is 52.0 Å². The minimum absolute atomic E-state index is 0. The standard InChI is InChI=1S/C22H18FN2O.C18H24GeN.Ir/c23-21-8-6-17-18-13-16(5-7-20(18)26-22(17)25-21)19-12-15(9-10-24-19)11-14-3-1-2-4-14;1-14(2)11-16-12-18(15-9-7-6-8-10-15)20-13-17(16)19(3,4)5;/h6-10,12-14H,1-4,11H2;6-9,12-14H,11H2,1-5H3;/q2*-1;. The van der Waals surface area contributed by atoms with Gasteiger partial charge >= 0.3 is 126 Å². The van der Waals surface area contributed by atoms with Gasteiger partial charge < -0.3 is 9.40 Å². The van der Waals surface area contributed by atoms with Gasteiger partial charge in [-0.1, -0.05) is 42.7 Å². The number of rotatable bonds is 7. The SMILES string of the molecule is CC(C)Cc1cc(-c2[c-]cccc2)nc[c]1[Ge]([CH3])([CH3])[CH3].Fc1ccc2c(n1)oc1c[c-]c(-c3cc(CC4CCCC4)ccn3)cc12.[Ir]. The zero-order valence-corrected chi connectivity index (χ0v) is 32.4. The number of aromatic nitrogens is 3. The molecular formula is C40H42FGeIrN3O-2. The first-order valence-electron chi connectivity index (χ1n) is 16.5. The Kier molecular flexibility index (Phi) is 11.5. The second-order valence-corrected chi connectivity index (χ2v) is 24.5. The smallest absolute Gasteiger partial charge is 0.218 e. The maximum Gasteiger partial charge on any atom is 0.218 e. The molecule has 0 amide bonds. The third-order valence-electron chi connectivity index (χ3n) is 8.75. The van der Waals surface area contributed by atoms with Crippen molar-refractivity contribution in [3.63, 3.8) is 0 Å². The van der Waals surface area contributed by atoms with Crippen LogP contribution >= 0.6 is 0 Å². The molecule has 0 bridgehead atoms. The van der Waals surface area contributed by atoms with E-state index in [-0.39, 0.29) is 20.1 Å². The van der Waals surface area contributed by atoms with Crippen LogP contribution in [-0.2, 0) is 32.9 Å². The average Bonchev–Trinajstić information content (AvgIpc) is 3.68. The Morgan fingerprint density at radius 3 is 2.43 bits per heavy atom. The van der Waals surface area contributed by atoms with Gasteiger partial charge in [0.15, 0.2) is 0 Å². The molecule has 0 unspecified atom stereocenters. The van der Waals surface area contributed by atoms with Crippen LogP contribution in [-0.4, -0.2) is 28.2 Å². The van der Waals surface area contributed by atoms with E-state index in [1.807, 2.05) is 30.5 Å². The number of hydrogen-bond donors (Lipinski definition) is 0. The summed E-state index contributed by atoms with van der Waals surface area (Å²) in [7, 11) is 0. The summed E-state index contributed by atoms with van der Waals surface area (Å²) < 4.78 is 20.5. The molecule has 245 valence electrons. The molecule has 1 aliphatic rings. The van der Waals surface area contributed by atoms with Crippen molar-refractivity contribution in [1.82, 2.24) is 15.0 Å². The largest absolute Gasteiger partial charge is 0.486 e. The Balaban J connectivity index is 0.000000188. The summed E-state index contributed by atoms with van der Waals surface area (Å²) in [6.45, 7) is 4.57. The van der Waals surface area contributed by atoms with E-state index in [1.165, 1.54) is 42.9 Å². The number of fused-ring (bicyclic) bond motifs is 3. The molecule has 4 aromatic heterocycles. The summed E-state index contributed by atoms with van der Waals surface area (Å²) in [5.41, 5.74) is 7.76. The summed E-state index contributed by atoms with van der Waals surface area (Å²) in [4.78, 5) is 13.1. The second kappa shape index (κ2) is 15.4. The molecule has 1 radical (unpaired) electrons. The predicted octanol–water partition coefficient (Wildman–Crippen LogP) is 10.0. The average molecular weight is 865 g/mol. The zero-order chi connectivity index (χ0) is 32.3. The fraction of sp³-hybridized carbons (Fsp3) is 0.325. The second-order valence-electron chi connectivity index (χ2n) is 14.0. The number of benzene rings is 2. The van der Waals surface area contributed by atoms with Gasteiger partial charge in [-0.25, -0.2) is 0 Å². The topological polar surface area (TPSA) is 51.8 Å². The number of nitrogens with zero attached hydrogens (tertiary/aromatic N) is 3. The van der Waals surface area contributed by atoms with Gasteiger partial charge in [0.1, 0.15) is 0 Å². The van der Waals surface area contributed by atoms with E-state index < -0.39 is 19.2 Å². The van der Waals surface area contributed by atoms with E-state index in [1.54, 1.807) is 16.5 Å². The van der Waals surface area contributed by atoms with Crippen LogP contribution in [0.5, 0.6) is 0 Å². The Morgan fingerprint density at radius 2 is 1.70 bits per heavy atom. The molecular weight excluding hydrogens is 822 g/mol. The Hall–Kier alpha value is -3.19. The van der Waals surface area contributed by atoms with E-state index in [4.69, 9.17) is 9.40 Å². The maximum atomic E-state index is 13.3. The molecule has 4 heterocycles. The molecule has 1 fully saturated rings. The molecule has 6 aromatic rings. The summed E-state index contributed by atoms with van der Waals surface area (Å²) in [6.07, 6.45) is 11.6. The molecule has 0 spiro atoms. The van der Waals surface area contributed by atoms with Crippen LogP contribution in [0.15, 0.2) is 83.5 Å². The molecule has 1 saturated carbocycles. The quantitative estimate of drug-likeness (QED) is 0.0912. The van der Waals surface area contributed by atoms with E-state index >= 15 is 0 Å². The number of pyridine rings is 3. The van der Waals surface area contributed by atoms with E-state index in [9.17, 15) is 4.39 Å². The molecule has 0 aliphatic heterocycles. The molecule has 0 atom stereocenters. The van der Waals surface area contributed by atoms with Crippen LogP contribution in [0, 0.1) is 29.9 Å². The first-order valence-corrected chi connectivity index (χ1v) is 23.8. The van der Waals surface area contributed by atoms with Crippen molar-refractivity contribution in [2.45, 2.75) is 69.6 Å². The summed E-state index contributed by atoms with van der Waals surface area (Å²) in [5.74, 6) is 8.26. The van der Waals surface area contributed by atoms with Crippen LogP contribution in [0.2, 0.25) is 17.3 Å². The summed E-state index contributed by atoms with van der Waals surface area (Å²) in [5, 5.41) is 1.71. The third kappa shape index (κ3) is 8.65. The van der Waals surface area contributed by atoms with Crippen LogP contribution < -0.4 is 4.40 Å². The molecule has 1 aliphatic carbocycles. The van der Waals surface area contributed by atoms with Crippen LogP contribution in [0.4, 0.5) is 4.39 Å². The molecule has 0 saturated heterocycles. The zero-order valence-electron chi connectivity index (χ0n) is 27.9. The Labute approximate surface area is 294 Å². The van der Waals surface area contributed by atoms with Gasteiger partial charge in [0.05, 0.1) is 5.58 Å². The monoisotopic (exact) mass is 866 g/mol. The molecule has 7 rings (SSSR count). The molecule has 47 heavy (non-hydrogen) atoms. The van der Waals surface area contributed by atoms with Gasteiger partial charge in [0.2, 0.25) is 11.7 Å². The van der Waals surface area contributed by atoms with Gasteiger partial charge in [-0.15, -0.1) is 23.8 Å². The van der Waals surface area contributed by atoms with Crippen molar-refractivity contribution in [3.8, 4) is 22.5 Å². The van der Waals surface area contributed by atoms with Gasteiger partial charge in [-0.3, -0.25) is 0 Å². The van der Waals surface area contributed by atoms with Crippen LogP contribution in [0.1, 0.15) is 50.7 Å². The van der Waals surface area contributed by atoms with Crippen molar-refractivity contribution in [3.05, 3.63) is 108 Å². The molecule has 7 heteroatoms. The van der Waals surface area contributed by atoms with Gasteiger partial charge in [0, 0.05) is 31.7 Å². The predicted molar refractivity (Wildman–Crippen MR) is 189 cm³/mol. The number of hydrogen-bond acceptors (Lipinski definition) is 4. The normalized spacial score (nSPS) is 13.5. The van der Waals surface area contributed by atoms with E-state index in [0.29, 0.717) is 17.2 Å². The number of furan rings is 1. The fourth-order valence-electron chi connectivity index (χ4n) is 6.50. The summed E-state index contributed by atoms with van der Waals surface area (Å²) >= 11 is -1.86. The molecule has 4 nitrogen and oxygen atoms in total. The van der Waals surface area contributed by atoms with Crippen molar-refractivity contribution >= 4 is 39.7 Å².